The Labute approximate surface area is 169 Å². The number of unbranched alkanes of at least 4 members (excludes halogenated alkanes) is 1. The van der Waals surface area contributed by atoms with Crippen LogP contribution in [0, 0.1) is 0 Å². The van der Waals surface area contributed by atoms with Gasteiger partial charge in [0.15, 0.2) is 9.84 Å². The number of anilines is 1. The molecule has 0 atom stereocenters. The van der Waals surface area contributed by atoms with Gasteiger partial charge in [-0.05, 0) is 42.7 Å². The Hall–Kier alpha value is -1.86. The fourth-order valence-electron chi connectivity index (χ4n) is 2.70. The van der Waals surface area contributed by atoms with Crippen LogP contribution in [0.2, 0.25) is 0 Å². The summed E-state index contributed by atoms with van der Waals surface area (Å²) < 4.78 is 25.2. The summed E-state index contributed by atoms with van der Waals surface area (Å²) in [4.78, 5) is 14.1. The molecule has 0 radical (unpaired) electrons. The summed E-state index contributed by atoms with van der Waals surface area (Å²) in [7, 11) is -1.45. The molecule has 0 aliphatic heterocycles. The van der Waals surface area contributed by atoms with E-state index in [-0.39, 0.29) is 5.75 Å². The molecule has 7 heteroatoms. The highest BCUT2D eigenvalue weighted by molar-refractivity contribution is 9.10. The first-order valence-electron chi connectivity index (χ1n) is 8.83. The summed E-state index contributed by atoms with van der Waals surface area (Å²) >= 11 is 3.32. The zero-order valence-electron chi connectivity index (χ0n) is 15.4. The quantitative estimate of drug-likeness (QED) is 0.560. The lowest BCUT2D eigenvalue weighted by molar-refractivity contribution is -0.118. The molecule has 0 bridgehead atoms. The summed E-state index contributed by atoms with van der Waals surface area (Å²) in [6.45, 7) is 1.36. The van der Waals surface area contributed by atoms with E-state index in [0.29, 0.717) is 12.1 Å². The summed E-state index contributed by atoms with van der Waals surface area (Å²) in [6, 6.07) is 17.2. The third-order valence-electron chi connectivity index (χ3n) is 4.07. The van der Waals surface area contributed by atoms with E-state index in [1.807, 2.05) is 31.3 Å². The second-order valence-electron chi connectivity index (χ2n) is 6.48. The smallest absolute Gasteiger partial charge is 0.235 e. The van der Waals surface area contributed by atoms with Gasteiger partial charge in [-0.3, -0.25) is 4.79 Å². The highest BCUT2D eigenvalue weighted by atomic mass is 79.9. The fraction of sp³-hybridized carbons (Fsp3) is 0.350. The molecule has 0 aromatic heterocycles. The zero-order chi connectivity index (χ0) is 19.7. The van der Waals surface area contributed by atoms with Gasteiger partial charge in [0, 0.05) is 30.3 Å². The normalized spacial score (nSPS) is 11.2. The molecule has 0 heterocycles. The Morgan fingerprint density at radius 2 is 1.81 bits per heavy atom. The SMILES string of the molecule is CN(CCCCNC(=O)CS(=O)(=O)Cc1cccc(Br)c1)c1ccccc1. The summed E-state index contributed by atoms with van der Waals surface area (Å²) in [5.74, 6) is -1.06. The zero-order valence-corrected chi connectivity index (χ0v) is 17.8. The number of para-hydroxylation sites is 1. The highest BCUT2D eigenvalue weighted by Crippen LogP contribution is 2.14. The molecule has 2 rings (SSSR count). The van der Waals surface area contributed by atoms with Crippen LogP contribution in [0.15, 0.2) is 59.1 Å². The molecule has 0 saturated heterocycles. The monoisotopic (exact) mass is 452 g/mol. The van der Waals surface area contributed by atoms with Crippen molar-refractivity contribution in [3.05, 3.63) is 64.6 Å². The molecule has 0 unspecified atom stereocenters. The first kappa shape index (κ1) is 21.4. The number of hydrogen-bond acceptors (Lipinski definition) is 4. The van der Waals surface area contributed by atoms with Gasteiger partial charge in [-0.25, -0.2) is 8.42 Å². The Morgan fingerprint density at radius 3 is 2.52 bits per heavy atom. The molecule has 0 aliphatic rings. The van der Waals surface area contributed by atoms with Crippen LogP contribution in [0.1, 0.15) is 18.4 Å². The maximum atomic E-state index is 12.2. The lowest BCUT2D eigenvalue weighted by Crippen LogP contribution is -2.32. The molecule has 5 nitrogen and oxygen atoms in total. The average molecular weight is 453 g/mol. The number of benzene rings is 2. The number of nitrogens with zero attached hydrogens (tertiary/aromatic N) is 1. The predicted octanol–water partition coefficient (Wildman–Crippen LogP) is 3.40. The maximum Gasteiger partial charge on any atom is 0.235 e. The van der Waals surface area contributed by atoms with Crippen molar-refractivity contribution in [2.45, 2.75) is 18.6 Å². The number of rotatable bonds is 10. The van der Waals surface area contributed by atoms with Gasteiger partial charge in [0.2, 0.25) is 5.91 Å². The van der Waals surface area contributed by atoms with Crippen molar-refractivity contribution in [2.75, 3.05) is 30.8 Å². The number of nitrogens with one attached hydrogen (secondary N) is 1. The van der Waals surface area contributed by atoms with E-state index in [1.165, 1.54) is 0 Å². The Balaban J connectivity index is 1.66. The van der Waals surface area contributed by atoms with Crippen LogP contribution in [0.25, 0.3) is 0 Å². The van der Waals surface area contributed by atoms with E-state index in [1.54, 1.807) is 18.2 Å². The molecule has 27 heavy (non-hydrogen) atoms. The first-order valence-corrected chi connectivity index (χ1v) is 11.4. The van der Waals surface area contributed by atoms with Gasteiger partial charge in [-0.1, -0.05) is 46.3 Å². The summed E-state index contributed by atoms with van der Waals surface area (Å²) in [6.07, 6.45) is 1.71. The Kier molecular flexibility index (Phi) is 8.31. The lowest BCUT2D eigenvalue weighted by atomic mass is 10.2. The van der Waals surface area contributed by atoms with Gasteiger partial charge >= 0.3 is 0 Å². The van der Waals surface area contributed by atoms with Crippen LogP contribution >= 0.6 is 15.9 Å². The number of carbonyl (C=O) groups excluding carboxylic acids is 1. The van der Waals surface area contributed by atoms with Gasteiger partial charge in [0.1, 0.15) is 5.75 Å². The first-order chi connectivity index (χ1) is 12.9. The molecule has 146 valence electrons. The number of sulfone groups is 1. The van der Waals surface area contributed by atoms with Crippen molar-refractivity contribution in [2.24, 2.45) is 0 Å². The molecular weight excluding hydrogens is 428 g/mol. The van der Waals surface area contributed by atoms with E-state index in [9.17, 15) is 13.2 Å². The van der Waals surface area contributed by atoms with Crippen LogP contribution in [-0.4, -0.2) is 40.2 Å². The van der Waals surface area contributed by atoms with Gasteiger partial charge in [-0.15, -0.1) is 0 Å². The summed E-state index contributed by atoms with van der Waals surface area (Å²) in [5.41, 5.74) is 1.82. The average Bonchev–Trinajstić information content (AvgIpc) is 2.61. The van der Waals surface area contributed by atoms with Crippen molar-refractivity contribution in [1.29, 1.82) is 0 Å². The molecular formula is C20H25BrN2O3S. The van der Waals surface area contributed by atoms with Gasteiger partial charge in [0.05, 0.1) is 5.75 Å². The largest absolute Gasteiger partial charge is 0.375 e. The van der Waals surface area contributed by atoms with Crippen molar-refractivity contribution >= 4 is 37.4 Å². The van der Waals surface area contributed by atoms with E-state index in [4.69, 9.17) is 0 Å². The van der Waals surface area contributed by atoms with Gasteiger partial charge < -0.3 is 10.2 Å². The number of hydrogen-bond donors (Lipinski definition) is 1. The van der Waals surface area contributed by atoms with Crippen molar-refractivity contribution in [1.82, 2.24) is 5.32 Å². The predicted molar refractivity (Wildman–Crippen MR) is 114 cm³/mol. The van der Waals surface area contributed by atoms with E-state index in [2.05, 4.69) is 38.3 Å². The number of amides is 1. The third-order valence-corrected chi connectivity index (χ3v) is 6.03. The minimum absolute atomic E-state index is 0.137. The second kappa shape index (κ2) is 10.5. The van der Waals surface area contributed by atoms with Crippen molar-refractivity contribution in [3.8, 4) is 0 Å². The summed E-state index contributed by atoms with van der Waals surface area (Å²) in [5, 5.41) is 2.70. The second-order valence-corrected chi connectivity index (χ2v) is 9.46. The number of carbonyl (C=O) groups is 1. The standard InChI is InChI=1S/C20H25BrN2O3S/c1-23(19-10-3-2-4-11-19)13-6-5-12-22-20(24)16-27(25,26)15-17-8-7-9-18(21)14-17/h2-4,7-11,14H,5-6,12-13,15-16H2,1H3,(H,22,24). The molecule has 1 amide bonds. The third kappa shape index (κ3) is 8.13. The molecule has 0 fully saturated rings. The van der Waals surface area contributed by atoms with Crippen LogP contribution < -0.4 is 10.2 Å². The minimum Gasteiger partial charge on any atom is -0.375 e. The Bertz CT molecular complexity index is 841. The molecule has 0 spiro atoms. The minimum atomic E-state index is -3.48. The topological polar surface area (TPSA) is 66.5 Å². The van der Waals surface area contributed by atoms with Crippen LogP contribution in [0.5, 0.6) is 0 Å². The fourth-order valence-corrected chi connectivity index (χ4v) is 4.43. The lowest BCUT2D eigenvalue weighted by Gasteiger charge is -2.19. The molecule has 1 N–H and O–H groups in total. The molecule has 0 saturated carbocycles. The maximum absolute atomic E-state index is 12.2. The van der Waals surface area contributed by atoms with Gasteiger partial charge in [-0.2, -0.15) is 0 Å². The molecule has 2 aromatic carbocycles. The molecule has 2 aromatic rings. The van der Waals surface area contributed by atoms with Crippen molar-refractivity contribution < 1.29 is 13.2 Å². The molecule has 0 aliphatic carbocycles. The van der Waals surface area contributed by atoms with Crippen LogP contribution in [0.4, 0.5) is 5.69 Å². The highest BCUT2D eigenvalue weighted by Gasteiger charge is 2.17. The van der Waals surface area contributed by atoms with E-state index in [0.717, 1.165) is 29.5 Å². The van der Waals surface area contributed by atoms with Gasteiger partial charge in [0.25, 0.3) is 0 Å². The van der Waals surface area contributed by atoms with Crippen molar-refractivity contribution in [3.63, 3.8) is 0 Å². The Morgan fingerprint density at radius 1 is 1.07 bits per heavy atom. The van der Waals surface area contributed by atoms with Crippen LogP contribution in [0.3, 0.4) is 0 Å². The number of halogens is 1. The van der Waals surface area contributed by atoms with Crippen LogP contribution in [-0.2, 0) is 20.4 Å². The van der Waals surface area contributed by atoms with E-state index < -0.39 is 21.5 Å². The van der Waals surface area contributed by atoms with E-state index >= 15 is 0 Å².